The Hall–Kier alpha value is -2.67. The Morgan fingerprint density at radius 1 is 1.00 bits per heavy atom. The van der Waals surface area contributed by atoms with Crippen LogP contribution in [0.2, 0.25) is 5.02 Å². The average Bonchev–Trinajstić information content (AvgIpc) is 2.62. The van der Waals surface area contributed by atoms with Gasteiger partial charge in [0.05, 0.1) is 31.5 Å². The highest BCUT2D eigenvalue weighted by molar-refractivity contribution is 6.31. The first kappa shape index (κ1) is 19.7. The van der Waals surface area contributed by atoms with Crippen LogP contribution in [0.25, 0.3) is 0 Å². The predicted octanol–water partition coefficient (Wildman–Crippen LogP) is 4.13. The van der Waals surface area contributed by atoms with Crippen molar-refractivity contribution < 1.29 is 28.5 Å². The zero-order valence-corrected chi connectivity index (χ0v) is 15.7. The van der Waals surface area contributed by atoms with Crippen molar-refractivity contribution in [3.05, 3.63) is 57.8 Å². The topological polar surface area (TPSA) is 83.1 Å². The smallest absolute Gasteiger partial charge is 0.437 e. The maximum absolute atomic E-state index is 11.7. The summed E-state index contributed by atoms with van der Waals surface area (Å²) in [5.74, 6) is -0.0168. The zero-order chi connectivity index (χ0) is 19.3. The summed E-state index contributed by atoms with van der Waals surface area (Å²) in [5, 5.41) is 3.58. The van der Waals surface area contributed by atoms with Crippen LogP contribution in [-0.2, 0) is 25.4 Å². The van der Waals surface area contributed by atoms with Gasteiger partial charge in [0.25, 0.3) is 0 Å². The van der Waals surface area contributed by atoms with E-state index >= 15 is 0 Å². The Labute approximate surface area is 156 Å². The highest BCUT2D eigenvalue weighted by Gasteiger charge is 2.34. The summed E-state index contributed by atoms with van der Waals surface area (Å²) in [5.41, 5.74) is 2.00. The van der Waals surface area contributed by atoms with Crippen molar-refractivity contribution in [3.63, 3.8) is 0 Å². The van der Waals surface area contributed by atoms with E-state index in [4.69, 9.17) is 21.1 Å². The first-order valence-electron chi connectivity index (χ1n) is 7.80. The summed E-state index contributed by atoms with van der Waals surface area (Å²) < 4.78 is 19.8. The Morgan fingerprint density at radius 2 is 1.50 bits per heavy atom. The molecule has 1 aromatic rings. The number of hydrogen-bond acceptors (Lipinski definition) is 7. The van der Waals surface area contributed by atoms with Gasteiger partial charge in [-0.3, -0.25) is 0 Å². The van der Waals surface area contributed by atoms with Gasteiger partial charge in [0, 0.05) is 5.02 Å². The molecule has 0 spiro atoms. The van der Waals surface area contributed by atoms with Crippen LogP contribution in [0.15, 0.2) is 47.2 Å². The van der Waals surface area contributed by atoms with Gasteiger partial charge in [-0.05, 0) is 31.9 Å². The number of dihydropyridines is 1. The quantitative estimate of drug-likeness (QED) is 0.785. The van der Waals surface area contributed by atoms with Gasteiger partial charge in [-0.2, -0.15) is 0 Å². The van der Waals surface area contributed by atoms with Gasteiger partial charge in [0.1, 0.15) is 11.5 Å². The summed E-state index contributed by atoms with van der Waals surface area (Å²) in [6.07, 6.45) is -1.40. The molecule has 0 fully saturated rings. The number of nitrogens with one attached hydrogen (secondary N) is 1. The average molecular weight is 382 g/mol. The third-order valence-electron chi connectivity index (χ3n) is 3.85. The molecule has 0 saturated heterocycles. The first-order chi connectivity index (χ1) is 12.4. The molecule has 2 rings (SSSR count). The van der Waals surface area contributed by atoms with Gasteiger partial charge in [0.15, 0.2) is 0 Å². The highest BCUT2D eigenvalue weighted by atomic mass is 35.5. The summed E-state index contributed by atoms with van der Waals surface area (Å²) in [4.78, 5) is 23.4. The monoisotopic (exact) mass is 381 g/mol. The normalized spacial score (nSPS) is 14.7. The number of methoxy groups -OCH3 is 2. The van der Waals surface area contributed by atoms with Crippen LogP contribution >= 0.6 is 11.6 Å². The molecule has 0 bridgehead atoms. The van der Waals surface area contributed by atoms with Gasteiger partial charge in [0.2, 0.25) is 0 Å². The van der Waals surface area contributed by atoms with E-state index in [2.05, 4.69) is 14.8 Å². The van der Waals surface area contributed by atoms with Gasteiger partial charge < -0.3 is 24.3 Å². The Bertz CT molecular complexity index is 731. The predicted molar refractivity (Wildman–Crippen MR) is 94.2 cm³/mol. The maximum Gasteiger partial charge on any atom is 0.513 e. The second kappa shape index (κ2) is 8.62. The van der Waals surface area contributed by atoms with Gasteiger partial charge >= 0.3 is 12.3 Å². The van der Waals surface area contributed by atoms with E-state index in [9.17, 15) is 9.59 Å². The van der Waals surface area contributed by atoms with Crippen LogP contribution in [0.1, 0.15) is 19.4 Å². The van der Waals surface area contributed by atoms with E-state index in [0.717, 1.165) is 5.56 Å². The van der Waals surface area contributed by atoms with Crippen LogP contribution in [0.5, 0.6) is 0 Å². The van der Waals surface area contributed by atoms with Crippen molar-refractivity contribution in [2.24, 2.45) is 5.92 Å². The van der Waals surface area contributed by atoms with Crippen molar-refractivity contribution in [1.82, 2.24) is 5.32 Å². The SMILES string of the molecule is COC(=O)OC1=C(C)NC(C)=C(OC(=O)OC)C1Cc1ccccc1Cl. The Morgan fingerprint density at radius 3 is 1.96 bits per heavy atom. The van der Waals surface area contributed by atoms with Crippen molar-refractivity contribution >= 4 is 23.9 Å². The maximum atomic E-state index is 11.7. The molecule has 1 aliphatic heterocycles. The van der Waals surface area contributed by atoms with Crippen molar-refractivity contribution in [1.29, 1.82) is 0 Å². The number of rotatable bonds is 4. The Kier molecular flexibility index (Phi) is 6.52. The minimum absolute atomic E-state index is 0.279. The Balaban J connectivity index is 2.45. The lowest BCUT2D eigenvalue weighted by molar-refractivity contribution is 0.0713. The van der Waals surface area contributed by atoms with Gasteiger partial charge in [-0.15, -0.1) is 0 Å². The molecule has 1 N–H and O–H groups in total. The lowest BCUT2D eigenvalue weighted by atomic mass is 9.91. The minimum atomic E-state index is -0.873. The molecule has 0 aromatic heterocycles. The molecule has 140 valence electrons. The molecule has 7 nitrogen and oxygen atoms in total. The van der Waals surface area contributed by atoms with Crippen LogP contribution in [0, 0.1) is 5.92 Å². The van der Waals surface area contributed by atoms with Gasteiger partial charge in [-0.25, -0.2) is 9.59 Å². The zero-order valence-electron chi connectivity index (χ0n) is 14.9. The molecule has 0 aliphatic carbocycles. The summed E-state index contributed by atoms with van der Waals surface area (Å²) in [6, 6.07) is 7.26. The van der Waals surface area contributed by atoms with E-state index in [1.165, 1.54) is 14.2 Å². The molecule has 0 unspecified atom stereocenters. The molecule has 26 heavy (non-hydrogen) atoms. The first-order valence-corrected chi connectivity index (χ1v) is 8.18. The van der Waals surface area contributed by atoms with E-state index < -0.39 is 18.2 Å². The molecule has 0 atom stereocenters. The molecule has 0 radical (unpaired) electrons. The number of halogens is 1. The van der Waals surface area contributed by atoms with Crippen LogP contribution in [0.4, 0.5) is 9.59 Å². The molecule has 0 amide bonds. The largest absolute Gasteiger partial charge is 0.513 e. The number of hydrogen-bond donors (Lipinski definition) is 1. The van der Waals surface area contributed by atoms with E-state index in [1.807, 2.05) is 18.2 Å². The fraction of sp³-hybridized carbons (Fsp3) is 0.333. The van der Waals surface area contributed by atoms with Crippen molar-refractivity contribution in [2.45, 2.75) is 20.3 Å². The number of benzene rings is 1. The number of carbonyl (C=O) groups excluding carboxylic acids is 2. The van der Waals surface area contributed by atoms with Crippen molar-refractivity contribution in [2.75, 3.05) is 14.2 Å². The molecule has 1 aromatic carbocycles. The third-order valence-corrected chi connectivity index (χ3v) is 4.22. The second-order valence-corrected chi connectivity index (χ2v) is 5.97. The highest BCUT2D eigenvalue weighted by Crippen LogP contribution is 2.35. The summed E-state index contributed by atoms with van der Waals surface area (Å²) in [7, 11) is 2.43. The third kappa shape index (κ3) is 4.49. The fourth-order valence-electron chi connectivity index (χ4n) is 2.67. The summed E-state index contributed by atoms with van der Waals surface area (Å²) in [6.45, 7) is 3.49. The lowest BCUT2D eigenvalue weighted by Crippen LogP contribution is -2.31. The van der Waals surface area contributed by atoms with E-state index in [1.54, 1.807) is 19.9 Å². The standard InChI is InChI=1S/C18H20ClNO6/c1-10-15(25-17(21)23-3)13(9-12-7-5-6-8-14(12)19)16(11(2)20-10)26-18(22)24-4/h5-8,13,20H,9H2,1-4H3. The second-order valence-electron chi connectivity index (χ2n) is 5.56. The molecule has 0 saturated carbocycles. The molecular formula is C18H20ClNO6. The van der Waals surface area contributed by atoms with Gasteiger partial charge in [-0.1, -0.05) is 29.8 Å². The van der Waals surface area contributed by atoms with Crippen LogP contribution in [0.3, 0.4) is 0 Å². The lowest BCUT2D eigenvalue weighted by Gasteiger charge is -2.30. The molecule has 1 aliphatic rings. The van der Waals surface area contributed by atoms with E-state index in [-0.39, 0.29) is 11.5 Å². The molecule has 1 heterocycles. The summed E-state index contributed by atoms with van der Waals surface area (Å²) >= 11 is 6.27. The number of carbonyl (C=O) groups is 2. The molecular weight excluding hydrogens is 362 g/mol. The van der Waals surface area contributed by atoms with E-state index in [0.29, 0.717) is 22.8 Å². The minimum Gasteiger partial charge on any atom is -0.437 e. The number of allylic oxidation sites excluding steroid dienone is 2. The molecule has 8 heteroatoms. The van der Waals surface area contributed by atoms with Crippen LogP contribution in [-0.4, -0.2) is 26.5 Å². The number of ether oxygens (including phenoxy) is 4. The fourth-order valence-corrected chi connectivity index (χ4v) is 2.89. The van der Waals surface area contributed by atoms with Crippen LogP contribution < -0.4 is 5.32 Å². The van der Waals surface area contributed by atoms with Crippen molar-refractivity contribution in [3.8, 4) is 0 Å².